The molecular formula is C17H15N7OS. The summed E-state index contributed by atoms with van der Waals surface area (Å²) in [5, 5.41) is 13.7. The van der Waals surface area contributed by atoms with Crippen molar-refractivity contribution in [3.8, 4) is 16.4 Å². The van der Waals surface area contributed by atoms with Crippen LogP contribution in [0.2, 0.25) is 0 Å². The van der Waals surface area contributed by atoms with Crippen LogP contribution in [-0.2, 0) is 13.6 Å². The predicted octanol–water partition coefficient (Wildman–Crippen LogP) is 2.05. The van der Waals surface area contributed by atoms with E-state index in [1.54, 1.807) is 33.3 Å². The Morgan fingerprint density at radius 3 is 3.00 bits per heavy atom. The maximum atomic E-state index is 12.4. The lowest BCUT2D eigenvalue weighted by atomic mass is 10.2. The molecule has 9 heteroatoms. The maximum absolute atomic E-state index is 12.4. The quantitative estimate of drug-likeness (QED) is 0.585. The Hall–Kier alpha value is -3.33. The molecule has 0 aliphatic carbocycles. The van der Waals surface area contributed by atoms with Gasteiger partial charge >= 0.3 is 0 Å². The Bertz CT molecular complexity index is 1040. The first kappa shape index (κ1) is 16.2. The molecule has 26 heavy (non-hydrogen) atoms. The number of hydrogen-bond donors (Lipinski definition) is 1. The zero-order valence-electron chi connectivity index (χ0n) is 13.9. The molecule has 0 saturated carbocycles. The zero-order chi connectivity index (χ0) is 17.9. The second-order valence-corrected chi connectivity index (χ2v) is 6.45. The lowest BCUT2D eigenvalue weighted by molar-refractivity contribution is 0.0946. The molecule has 0 spiro atoms. The molecule has 8 nitrogen and oxygen atoms in total. The molecule has 0 saturated heterocycles. The average Bonchev–Trinajstić information content (AvgIpc) is 3.40. The van der Waals surface area contributed by atoms with E-state index in [9.17, 15) is 4.79 Å². The number of thiazole rings is 1. The Labute approximate surface area is 153 Å². The molecule has 4 aromatic heterocycles. The number of carbonyl (C=O) groups is 1. The van der Waals surface area contributed by atoms with E-state index in [-0.39, 0.29) is 5.91 Å². The van der Waals surface area contributed by atoms with E-state index in [0.29, 0.717) is 18.1 Å². The van der Waals surface area contributed by atoms with Crippen LogP contribution in [0.5, 0.6) is 0 Å². The number of aryl methyl sites for hydroxylation is 1. The Balaban J connectivity index is 1.43. The fraction of sp³-hybridized carbons (Fsp3) is 0.118. The molecule has 0 radical (unpaired) electrons. The van der Waals surface area contributed by atoms with Crippen LogP contribution < -0.4 is 5.32 Å². The van der Waals surface area contributed by atoms with Gasteiger partial charge in [-0.3, -0.25) is 9.48 Å². The third-order valence-electron chi connectivity index (χ3n) is 3.69. The molecule has 4 heterocycles. The average molecular weight is 365 g/mol. The molecule has 0 atom stereocenters. The van der Waals surface area contributed by atoms with Crippen molar-refractivity contribution in [3.63, 3.8) is 0 Å². The minimum Gasteiger partial charge on any atom is -0.347 e. The summed E-state index contributed by atoms with van der Waals surface area (Å²) in [7, 11) is 1.84. The van der Waals surface area contributed by atoms with E-state index in [1.165, 1.54) is 11.3 Å². The highest BCUT2D eigenvalue weighted by molar-refractivity contribution is 7.13. The summed E-state index contributed by atoms with van der Waals surface area (Å²) >= 11 is 1.42. The minimum absolute atomic E-state index is 0.214. The number of aromatic nitrogens is 6. The highest BCUT2D eigenvalue weighted by Gasteiger charge is 2.13. The van der Waals surface area contributed by atoms with Gasteiger partial charge in [0, 0.05) is 49.3 Å². The van der Waals surface area contributed by atoms with Crippen molar-refractivity contribution < 1.29 is 4.79 Å². The number of rotatable bonds is 5. The van der Waals surface area contributed by atoms with E-state index >= 15 is 0 Å². The molecule has 4 aromatic rings. The summed E-state index contributed by atoms with van der Waals surface area (Å²) in [5.74, 6) is 0.489. The van der Waals surface area contributed by atoms with Gasteiger partial charge in [-0.25, -0.2) is 14.6 Å². The lowest BCUT2D eigenvalue weighted by Crippen LogP contribution is -2.23. The number of carbonyl (C=O) groups excluding carboxylic acids is 1. The summed E-state index contributed by atoms with van der Waals surface area (Å²) in [6.07, 6.45) is 8.81. The van der Waals surface area contributed by atoms with Crippen LogP contribution in [0.3, 0.4) is 0 Å². The molecule has 0 aromatic carbocycles. The Kier molecular flexibility index (Phi) is 4.28. The van der Waals surface area contributed by atoms with Crippen LogP contribution in [-0.4, -0.2) is 35.4 Å². The first-order valence-corrected chi connectivity index (χ1v) is 8.75. The van der Waals surface area contributed by atoms with E-state index in [1.807, 2.05) is 37.6 Å². The van der Waals surface area contributed by atoms with Crippen LogP contribution in [0.1, 0.15) is 16.1 Å². The van der Waals surface area contributed by atoms with Gasteiger partial charge in [-0.15, -0.1) is 11.3 Å². The molecule has 0 aliphatic rings. The summed E-state index contributed by atoms with van der Waals surface area (Å²) in [6, 6.07) is 5.57. The Morgan fingerprint density at radius 1 is 1.31 bits per heavy atom. The van der Waals surface area contributed by atoms with E-state index < -0.39 is 0 Å². The monoisotopic (exact) mass is 365 g/mol. The molecule has 0 unspecified atom stereocenters. The number of pyridine rings is 1. The van der Waals surface area contributed by atoms with Crippen molar-refractivity contribution >= 4 is 17.2 Å². The van der Waals surface area contributed by atoms with E-state index in [0.717, 1.165) is 16.1 Å². The fourth-order valence-corrected chi connectivity index (χ4v) is 3.19. The number of nitrogens with zero attached hydrogens (tertiary/aromatic N) is 6. The third-order valence-corrected chi connectivity index (χ3v) is 4.58. The number of amides is 1. The molecule has 4 rings (SSSR count). The van der Waals surface area contributed by atoms with E-state index in [4.69, 9.17) is 0 Å². The normalized spacial score (nSPS) is 10.8. The van der Waals surface area contributed by atoms with Crippen LogP contribution in [0.4, 0.5) is 0 Å². The highest BCUT2D eigenvalue weighted by Crippen LogP contribution is 2.22. The standard InChI is InChI=1S/C17H15N7OS/c1-23-10-13(9-21-23)17-22-14(11-26-17)16(25)19-8-12-3-5-18-15(7-12)24-6-2-4-20-24/h2-7,9-11H,8H2,1H3,(H,19,25). The second kappa shape index (κ2) is 6.89. The third kappa shape index (κ3) is 3.38. The number of nitrogens with one attached hydrogen (secondary N) is 1. The first-order chi connectivity index (χ1) is 12.7. The van der Waals surface area contributed by atoms with Crippen molar-refractivity contribution in [2.45, 2.75) is 6.54 Å². The van der Waals surface area contributed by atoms with Crippen molar-refractivity contribution in [1.29, 1.82) is 0 Å². The summed E-state index contributed by atoms with van der Waals surface area (Å²) < 4.78 is 3.38. The van der Waals surface area contributed by atoms with Crippen molar-refractivity contribution in [3.05, 3.63) is 65.8 Å². The van der Waals surface area contributed by atoms with Crippen molar-refractivity contribution in [1.82, 2.24) is 34.8 Å². The van der Waals surface area contributed by atoms with Crippen molar-refractivity contribution in [2.75, 3.05) is 0 Å². The molecule has 0 fully saturated rings. The summed E-state index contributed by atoms with van der Waals surface area (Å²) in [4.78, 5) is 21.0. The van der Waals surface area contributed by atoms with Gasteiger partial charge in [-0.1, -0.05) is 0 Å². The fourth-order valence-electron chi connectivity index (χ4n) is 2.42. The van der Waals surface area contributed by atoms with Crippen LogP contribution >= 0.6 is 11.3 Å². The van der Waals surface area contributed by atoms with Gasteiger partial charge in [0.25, 0.3) is 5.91 Å². The van der Waals surface area contributed by atoms with E-state index in [2.05, 4.69) is 25.5 Å². The zero-order valence-corrected chi connectivity index (χ0v) is 14.7. The van der Waals surface area contributed by atoms with Crippen LogP contribution in [0.25, 0.3) is 16.4 Å². The van der Waals surface area contributed by atoms with Gasteiger partial charge in [0.1, 0.15) is 10.7 Å². The first-order valence-electron chi connectivity index (χ1n) is 7.87. The molecule has 0 bridgehead atoms. The molecule has 1 amide bonds. The van der Waals surface area contributed by atoms with Gasteiger partial charge in [0.15, 0.2) is 5.82 Å². The van der Waals surface area contributed by atoms with Gasteiger partial charge in [0.05, 0.1) is 6.20 Å². The largest absolute Gasteiger partial charge is 0.347 e. The lowest BCUT2D eigenvalue weighted by Gasteiger charge is -2.06. The van der Waals surface area contributed by atoms with Gasteiger partial charge in [-0.05, 0) is 23.8 Å². The predicted molar refractivity (Wildman–Crippen MR) is 96.8 cm³/mol. The maximum Gasteiger partial charge on any atom is 0.271 e. The molecule has 1 N–H and O–H groups in total. The van der Waals surface area contributed by atoms with Gasteiger partial charge in [-0.2, -0.15) is 10.2 Å². The van der Waals surface area contributed by atoms with Gasteiger partial charge < -0.3 is 5.32 Å². The Morgan fingerprint density at radius 2 is 2.23 bits per heavy atom. The summed E-state index contributed by atoms with van der Waals surface area (Å²) in [6.45, 7) is 0.384. The smallest absolute Gasteiger partial charge is 0.271 e. The molecule has 130 valence electrons. The van der Waals surface area contributed by atoms with Crippen molar-refractivity contribution in [2.24, 2.45) is 7.05 Å². The van der Waals surface area contributed by atoms with Gasteiger partial charge in [0.2, 0.25) is 0 Å². The minimum atomic E-state index is -0.214. The topological polar surface area (TPSA) is 90.5 Å². The highest BCUT2D eigenvalue weighted by atomic mass is 32.1. The SMILES string of the molecule is Cn1cc(-c2nc(C(=O)NCc3ccnc(-n4cccn4)c3)cs2)cn1. The number of hydrogen-bond acceptors (Lipinski definition) is 6. The molecule has 0 aliphatic heterocycles. The summed E-state index contributed by atoms with van der Waals surface area (Å²) in [5.41, 5.74) is 2.23. The van der Waals surface area contributed by atoms with Crippen LogP contribution in [0, 0.1) is 0 Å². The molecular weight excluding hydrogens is 350 g/mol. The van der Waals surface area contributed by atoms with Crippen LogP contribution in [0.15, 0.2) is 54.6 Å². The second-order valence-electron chi connectivity index (χ2n) is 5.60.